The van der Waals surface area contributed by atoms with Crippen LogP contribution in [0.1, 0.15) is 86.5 Å². The first kappa shape index (κ1) is 83.1. The van der Waals surface area contributed by atoms with Crippen molar-refractivity contribution in [3.63, 3.8) is 0 Å². The number of carbonyl (C=O) groups is 9. The quantitative estimate of drug-likeness (QED) is 0.0209. The lowest BCUT2D eigenvalue weighted by atomic mass is 9.92. The van der Waals surface area contributed by atoms with E-state index in [9.17, 15) is 73.5 Å². The monoisotopic (exact) mass is 1590 g/mol. The highest BCUT2D eigenvalue weighted by atomic mass is 16.4. The van der Waals surface area contributed by atoms with Gasteiger partial charge in [-0.05, 0) is 178 Å². The summed E-state index contributed by atoms with van der Waals surface area (Å²) in [5.41, 5.74) is 19.5. The Morgan fingerprint density at radius 1 is 0.521 bits per heavy atom. The number of hydrogen-bond donors (Lipinski definition) is 13. The number of carboxylic acid groups (broad SMARTS) is 5. The molecule has 0 radical (unpaired) electrons. The highest BCUT2D eigenvalue weighted by Gasteiger charge is 2.31. The molecule has 8 bridgehead atoms. The molecule has 8 heterocycles. The van der Waals surface area contributed by atoms with Crippen LogP contribution in [0.5, 0.6) is 0 Å². The van der Waals surface area contributed by atoms with Crippen LogP contribution in [-0.2, 0) is 44.9 Å². The number of H-pyrrole nitrogens is 4. The number of fused-ring (bicyclic) bond motifs is 10. The summed E-state index contributed by atoms with van der Waals surface area (Å²) in [6, 6.07) is 31.4. The van der Waals surface area contributed by atoms with E-state index in [1.54, 1.807) is 45.2 Å². The number of hydrogen-bond acceptors (Lipinski definition) is 19. The van der Waals surface area contributed by atoms with E-state index in [1.807, 2.05) is 36.4 Å². The van der Waals surface area contributed by atoms with Gasteiger partial charge < -0.3 is 71.6 Å². The molecule has 2 unspecified atom stereocenters. The van der Waals surface area contributed by atoms with E-state index in [4.69, 9.17) is 4.98 Å². The van der Waals surface area contributed by atoms with Crippen LogP contribution in [0.15, 0.2) is 127 Å². The number of rotatable bonds is 29. The normalized spacial score (nSPS) is 14.1. The van der Waals surface area contributed by atoms with Gasteiger partial charge >= 0.3 is 35.4 Å². The molecular formula is C85H93N17O15. The summed E-state index contributed by atoms with van der Waals surface area (Å²) in [6.07, 6.45) is 5.18. The minimum absolute atomic E-state index is 0.0196. The molecule has 1 saturated heterocycles. The van der Waals surface area contributed by atoms with E-state index in [1.165, 1.54) is 17.0 Å². The van der Waals surface area contributed by atoms with Crippen LogP contribution >= 0.6 is 0 Å². The lowest BCUT2D eigenvalue weighted by molar-refractivity contribution is -0.145. The summed E-state index contributed by atoms with van der Waals surface area (Å²) >= 11 is 0. The van der Waals surface area contributed by atoms with Crippen molar-refractivity contribution in [2.24, 2.45) is 0 Å². The Labute approximate surface area is 671 Å². The molecule has 32 nitrogen and oxygen atoms in total. The minimum atomic E-state index is -1.61. The van der Waals surface area contributed by atoms with Gasteiger partial charge in [0.05, 0.1) is 55.3 Å². The first-order valence-electron chi connectivity index (χ1n) is 38.4. The van der Waals surface area contributed by atoms with Gasteiger partial charge in [-0.15, -0.1) is 0 Å². The molecule has 12 rings (SSSR count). The van der Waals surface area contributed by atoms with Gasteiger partial charge in [-0.2, -0.15) is 4.98 Å². The molecule has 0 saturated carbocycles. The average molecular weight is 1590 g/mol. The molecule has 0 spiro atoms. The number of carboxylic acids is 5. The fourth-order valence-electron chi connectivity index (χ4n) is 15.4. The molecule has 32 heteroatoms. The predicted molar refractivity (Wildman–Crippen MR) is 442 cm³/mol. The Morgan fingerprint density at radius 3 is 1.57 bits per heavy atom. The van der Waals surface area contributed by atoms with Crippen molar-refractivity contribution in [1.29, 1.82) is 0 Å². The maximum absolute atomic E-state index is 14.6. The average Bonchev–Trinajstić information content (AvgIpc) is 1.75. The Hall–Kier alpha value is -13.3. The zero-order valence-electron chi connectivity index (χ0n) is 65.6. The Bertz CT molecular complexity index is 5560. The molecule has 4 aromatic heterocycles. The summed E-state index contributed by atoms with van der Waals surface area (Å²) in [7, 11) is 0. The van der Waals surface area contributed by atoms with Crippen molar-refractivity contribution in [1.82, 2.24) is 75.0 Å². The van der Waals surface area contributed by atoms with Crippen LogP contribution in [0, 0.1) is 41.5 Å². The zero-order chi connectivity index (χ0) is 83.3. The summed E-state index contributed by atoms with van der Waals surface area (Å²) in [6.45, 7) is 10.7. The molecule has 117 heavy (non-hydrogen) atoms. The number of amides is 4. The van der Waals surface area contributed by atoms with Gasteiger partial charge in [0.15, 0.2) is 11.5 Å². The number of aromatic amines is 4. The van der Waals surface area contributed by atoms with Crippen molar-refractivity contribution >= 4 is 110 Å². The van der Waals surface area contributed by atoms with Crippen molar-refractivity contribution in [2.75, 3.05) is 102 Å². The van der Waals surface area contributed by atoms with Crippen LogP contribution in [-0.4, -0.2) is 247 Å². The molecule has 1 fully saturated rings. The summed E-state index contributed by atoms with van der Waals surface area (Å²) < 4.78 is 0. The third-order valence-electron chi connectivity index (χ3n) is 20.9. The van der Waals surface area contributed by atoms with Gasteiger partial charge in [0, 0.05) is 146 Å². The highest BCUT2D eigenvalue weighted by molar-refractivity contribution is 6.03. The topological polar surface area (TPSA) is 451 Å². The van der Waals surface area contributed by atoms with Gasteiger partial charge in [0.2, 0.25) is 17.7 Å². The molecule has 4 aliphatic rings. The van der Waals surface area contributed by atoms with Crippen LogP contribution < -0.4 is 26.8 Å². The molecule has 0 aliphatic carbocycles. The number of carbonyl (C=O) groups excluding carboxylic acids is 4. The number of nitrogens with zero attached hydrogens (tertiary/aromatic N) is 9. The Balaban J connectivity index is 0.800. The molecule has 2 atom stereocenters. The van der Waals surface area contributed by atoms with E-state index < -0.39 is 104 Å². The van der Waals surface area contributed by atoms with Gasteiger partial charge in [0.1, 0.15) is 18.4 Å². The SMILES string of the molecule is Cc1cc(C)c(-c2c3nc(c4ccc([nH]4)c(-c4c(C)cc(C)cc4C)c4ccc([nH]4)c(-c4ccc(NC(=O)CN(CCNC(=O)CCC(C(=O)O)N5CCN(CC(=O)O)CCN(CC(=O)O)CCN(CC(=O)O)CC5)C(=O)CCC(NC(=O)c5ccc(NCc6c[nH]c7ncnc(=O)c-7n6)cc5)C(=O)O)cc4)c4ccc2[nH]4)C=C3)c(C)c1. The van der Waals surface area contributed by atoms with Gasteiger partial charge in [-0.25, -0.2) is 19.7 Å². The standard InChI is InChI=1S/C85H93N17O15/c1-48-37-50(3)75(51(4)38-48)78-63-17-15-59(93-63)60-16-18-64(94-60)79(76-52(5)39-49(2)40-53(76)6)66-22-20-62(96-66)77(61-19-21-65(78)95-61)54-7-13-57(14-8-54)91-70(104)43-102(71(105)26-23-67(84(114)115)97-82(112)55-9-11-56(12-10-55)87-41-58-42-88-81-80(92-58)83(113)90-47-89-81)28-27-86-69(103)25-24-68(85(116)117)101-35-33-99(45-73(108)109)31-29-98(44-72(106)107)30-32-100(34-36-101)46-74(110)111/h7-22,37-40,42,47,67-68,87,93,95-96H,23-36,41,43-46H2,1-6H3,(H,86,103)(H,91,104)(H,97,112)(H,106,107)(H,108,109)(H,110,111)(H,114,115)(H,116,117)(H,88,89,90,113). The largest absolute Gasteiger partial charge is 0.480 e. The molecule has 13 N–H and O–H groups in total. The fourth-order valence-corrected chi connectivity index (χ4v) is 15.4. The number of nitrogens with one attached hydrogen (secondary N) is 8. The van der Waals surface area contributed by atoms with Gasteiger partial charge in [-0.1, -0.05) is 47.5 Å². The molecule has 4 amide bonds. The number of aromatic nitrogens is 8. The lowest BCUT2D eigenvalue weighted by Crippen LogP contribution is -2.52. The third-order valence-corrected chi connectivity index (χ3v) is 20.9. The second-order valence-corrected chi connectivity index (χ2v) is 29.6. The molecule has 4 aliphatic heterocycles. The summed E-state index contributed by atoms with van der Waals surface area (Å²) in [5, 5.41) is 61.6. The zero-order valence-corrected chi connectivity index (χ0v) is 65.6. The molecular weight excluding hydrogens is 1500 g/mol. The molecule has 4 aromatic carbocycles. The van der Waals surface area contributed by atoms with E-state index in [0.29, 0.717) is 17.1 Å². The fraction of sp³-hybridized carbons (Fsp3) is 0.318. The maximum Gasteiger partial charge on any atom is 0.326 e. The number of aliphatic carboxylic acids is 5. The first-order chi connectivity index (χ1) is 56.1. The van der Waals surface area contributed by atoms with Gasteiger partial charge in [0.25, 0.3) is 5.91 Å². The van der Waals surface area contributed by atoms with Crippen LogP contribution in [0.3, 0.4) is 0 Å². The minimum Gasteiger partial charge on any atom is -0.480 e. The van der Waals surface area contributed by atoms with Crippen molar-refractivity contribution in [3.8, 4) is 44.9 Å². The van der Waals surface area contributed by atoms with E-state index in [2.05, 4.69) is 146 Å². The Morgan fingerprint density at radius 2 is 1.03 bits per heavy atom. The molecule has 8 aromatic rings. The van der Waals surface area contributed by atoms with Crippen LogP contribution in [0.2, 0.25) is 0 Å². The van der Waals surface area contributed by atoms with Crippen LogP contribution in [0.4, 0.5) is 11.4 Å². The highest BCUT2D eigenvalue weighted by Crippen LogP contribution is 2.40. The van der Waals surface area contributed by atoms with Crippen LogP contribution in [0.25, 0.3) is 90.2 Å². The summed E-state index contributed by atoms with van der Waals surface area (Å²) in [4.78, 5) is 170. The number of aryl methyl sites for hydroxylation is 6. The van der Waals surface area contributed by atoms with Crippen molar-refractivity contribution in [2.45, 2.75) is 85.9 Å². The lowest BCUT2D eigenvalue weighted by Gasteiger charge is -2.35. The maximum atomic E-state index is 14.6. The van der Waals surface area contributed by atoms with E-state index >= 15 is 0 Å². The second-order valence-electron chi connectivity index (χ2n) is 29.6. The van der Waals surface area contributed by atoms with Gasteiger partial charge in [-0.3, -0.25) is 62.8 Å². The van der Waals surface area contributed by atoms with E-state index in [0.717, 1.165) is 122 Å². The first-order valence-corrected chi connectivity index (χ1v) is 38.4. The third kappa shape index (κ3) is 21.0. The number of benzene rings is 4. The second kappa shape index (κ2) is 37.3. The van der Waals surface area contributed by atoms with E-state index in [-0.39, 0.29) is 108 Å². The van der Waals surface area contributed by atoms with Crippen molar-refractivity contribution in [3.05, 3.63) is 188 Å². The van der Waals surface area contributed by atoms with Crippen molar-refractivity contribution < 1.29 is 68.7 Å². The summed E-state index contributed by atoms with van der Waals surface area (Å²) in [5.74, 6) is -8.79. The Kier molecular flexibility index (Phi) is 26.5. The predicted octanol–water partition coefficient (Wildman–Crippen LogP) is 8.39. The number of anilines is 2. The molecule has 608 valence electrons. The smallest absolute Gasteiger partial charge is 0.326 e.